The van der Waals surface area contributed by atoms with E-state index in [1.165, 1.54) is 12.8 Å². The number of aromatic nitrogens is 1. The molecule has 2 aromatic rings. The minimum atomic E-state index is 0.566. The minimum absolute atomic E-state index is 0.566. The summed E-state index contributed by atoms with van der Waals surface area (Å²) in [6, 6.07) is 8.43. The van der Waals surface area contributed by atoms with Crippen LogP contribution in [0.25, 0.3) is 0 Å². The Kier molecular flexibility index (Phi) is 4.46. The van der Waals surface area contributed by atoms with Gasteiger partial charge in [-0.15, -0.1) is 0 Å². The van der Waals surface area contributed by atoms with Crippen LogP contribution in [0.2, 0.25) is 5.02 Å². The van der Waals surface area contributed by atoms with Crippen LogP contribution in [-0.4, -0.2) is 17.6 Å². The van der Waals surface area contributed by atoms with Gasteiger partial charge in [0.2, 0.25) is 0 Å². The number of hydrogen-bond acceptors (Lipinski definition) is 4. The first-order chi connectivity index (χ1) is 10.3. The van der Waals surface area contributed by atoms with Gasteiger partial charge in [-0.3, -0.25) is 0 Å². The van der Waals surface area contributed by atoms with Crippen molar-refractivity contribution in [1.82, 2.24) is 10.3 Å². The summed E-state index contributed by atoms with van der Waals surface area (Å²) >= 11 is 6.24. The summed E-state index contributed by atoms with van der Waals surface area (Å²) in [7, 11) is 0. The van der Waals surface area contributed by atoms with E-state index in [2.05, 4.69) is 17.1 Å². The zero-order chi connectivity index (χ0) is 14.7. The zero-order valence-electron chi connectivity index (χ0n) is 12.2. The average Bonchev–Trinajstić information content (AvgIpc) is 3.21. The standard InChI is InChI=1S/C16H20ClN3O/c1-2-18-10-15-14(17)7-8-16(19-15)20(12-5-6-12)11-13-4-3-9-21-13/h3-4,7-9,12,18H,2,5-6,10-11H2,1H3. The molecule has 0 saturated heterocycles. The molecule has 1 aliphatic rings. The quantitative estimate of drug-likeness (QED) is 0.848. The number of pyridine rings is 1. The number of nitrogens with one attached hydrogen (secondary N) is 1. The normalized spacial score (nSPS) is 14.4. The number of hydrogen-bond donors (Lipinski definition) is 1. The van der Waals surface area contributed by atoms with E-state index in [0.29, 0.717) is 17.6 Å². The van der Waals surface area contributed by atoms with E-state index < -0.39 is 0 Å². The van der Waals surface area contributed by atoms with Crippen molar-refractivity contribution in [2.45, 2.75) is 38.9 Å². The van der Waals surface area contributed by atoms with Crippen LogP contribution in [0.15, 0.2) is 34.9 Å². The van der Waals surface area contributed by atoms with E-state index in [1.807, 2.05) is 24.3 Å². The predicted molar refractivity (Wildman–Crippen MR) is 84.5 cm³/mol. The minimum Gasteiger partial charge on any atom is -0.467 e. The molecule has 21 heavy (non-hydrogen) atoms. The maximum Gasteiger partial charge on any atom is 0.129 e. The second-order valence-corrected chi connectivity index (χ2v) is 5.72. The van der Waals surface area contributed by atoms with Gasteiger partial charge in [-0.1, -0.05) is 18.5 Å². The topological polar surface area (TPSA) is 41.3 Å². The summed E-state index contributed by atoms with van der Waals surface area (Å²) in [6.07, 6.45) is 4.15. The highest BCUT2D eigenvalue weighted by atomic mass is 35.5. The summed E-state index contributed by atoms with van der Waals surface area (Å²) in [6.45, 7) is 4.43. The molecule has 1 saturated carbocycles. The molecule has 2 heterocycles. The SMILES string of the molecule is CCNCc1nc(N(Cc2ccco2)C2CC2)ccc1Cl. The van der Waals surface area contributed by atoms with Crippen LogP contribution in [0.4, 0.5) is 5.82 Å². The third-order valence-electron chi connectivity index (χ3n) is 3.63. The van der Waals surface area contributed by atoms with Gasteiger partial charge in [0.1, 0.15) is 11.6 Å². The van der Waals surface area contributed by atoms with E-state index in [1.54, 1.807) is 6.26 Å². The first-order valence-electron chi connectivity index (χ1n) is 7.43. The second-order valence-electron chi connectivity index (χ2n) is 5.32. The second kappa shape index (κ2) is 6.50. The van der Waals surface area contributed by atoms with Crippen LogP contribution in [0.5, 0.6) is 0 Å². The van der Waals surface area contributed by atoms with Crippen molar-refractivity contribution in [3.8, 4) is 0 Å². The molecule has 0 unspecified atom stereocenters. The smallest absolute Gasteiger partial charge is 0.129 e. The Morgan fingerprint density at radius 1 is 1.38 bits per heavy atom. The van der Waals surface area contributed by atoms with Crippen molar-refractivity contribution in [2.75, 3.05) is 11.4 Å². The lowest BCUT2D eigenvalue weighted by atomic mass is 10.3. The average molecular weight is 306 g/mol. The van der Waals surface area contributed by atoms with E-state index in [9.17, 15) is 0 Å². The monoisotopic (exact) mass is 305 g/mol. The molecule has 1 N–H and O–H groups in total. The lowest BCUT2D eigenvalue weighted by Crippen LogP contribution is -2.26. The lowest BCUT2D eigenvalue weighted by molar-refractivity contribution is 0.500. The summed E-state index contributed by atoms with van der Waals surface area (Å²) < 4.78 is 5.47. The first kappa shape index (κ1) is 14.4. The molecule has 1 aliphatic carbocycles. The van der Waals surface area contributed by atoms with E-state index >= 15 is 0 Å². The molecule has 5 heteroatoms. The van der Waals surface area contributed by atoms with Crippen LogP contribution in [0.3, 0.4) is 0 Å². The first-order valence-corrected chi connectivity index (χ1v) is 7.81. The molecule has 4 nitrogen and oxygen atoms in total. The highest BCUT2D eigenvalue weighted by molar-refractivity contribution is 6.31. The van der Waals surface area contributed by atoms with Gasteiger partial charge in [-0.25, -0.2) is 4.98 Å². The maximum atomic E-state index is 6.24. The molecule has 112 valence electrons. The van der Waals surface area contributed by atoms with Crippen LogP contribution >= 0.6 is 11.6 Å². The molecule has 2 aromatic heterocycles. The van der Waals surface area contributed by atoms with Gasteiger partial charge in [0.15, 0.2) is 0 Å². The Morgan fingerprint density at radius 3 is 2.90 bits per heavy atom. The van der Waals surface area contributed by atoms with Crippen molar-refractivity contribution in [1.29, 1.82) is 0 Å². The van der Waals surface area contributed by atoms with Gasteiger partial charge in [0.05, 0.1) is 23.5 Å². The molecule has 0 aliphatic heterocycles. The summed E-state index contributed by atoms with van der Waals surface area (Å²) in [5.41, 5.74) is 0.904. The molecule has 1 fully saturated rings. The van der Waals surface area contributed by atoms with Crippen LogP contribution in [-0.2, 0) is 13.1 Å². The number of anilines is 1. The van der Waals surface area contributed by atoms with Crippen molar-refractivity contribution < 1.29 is 4.42 Å². The molecule has 0 radical (unpaired) electrons. The van der Waals surface area contributed by atoms with E-state index in [0.717, 1.165) is 30.4 Å². The van der Waals surface area contributed by atoms with Crippen molar-refractivity contribution in [3.05, 3.63) is 47.0 Å². The van der Waals surface area contributed by atoms with Gasteiger partial charge in [0.25, 0.3) is 0 Å². The van der Waals surface area contributed by atoms with E-state index in [-0.39, 0.29) is 0 Å². The number of halogens is 1. The Labute approximate surface area is 130 Å². The van der Waals surface area contributed by atoms with Gasteiger partial charge in [-0.05, 0) is 43.7 Å². The fraction of sp³-hybridized carbons (Fsp3) is 0.438. The Bertz CT molecular complexity index is 581. The van der Waals surface area contributed by atoms with Gasteiger partial charge in [-0.2, -0.15) is 0 Å². The van der Waals surface area contributed by atoms with E-state index in [4.69, 9.17) is 21.0 Å². The lowest BCUT2D eigenvalue weighted by Gasteiger charge is -2.23. The van der Waals surface area contributed by atoms with Crippen LogP contribution < -0.4 is 10.2 Å². The molecule has 0 atom stereocenters. The van der Waals surface area contributed by atoms with Crippen molar-refractivity contribution in [2.24, 2.45) is 0 Å². The van der Waals surface area contributed by atoms with Crippen LogP contribution in [0.1, 0.15) is 31.2 Å². The molecule has 0 bridgehead atoms. The fourth-order valence-electron chi connectivity index (χ4n) is 2.35. The zero-order valence-corrected chi connectivity index (χ0v) is 12.9. The Morgan fingerprint density at radius 2 is 2.24 bits per heavy atom. The summed E-state index contributed by atoms with van der Waals surface area (Å²) in [5, 5.41) is 3.99. The third kappa shape index (κ3) is 3.57. The van der Waals surface area contributed by atoms with Crippen LogP contribution in [0, 0.1) is 0 Å². The van der Waals surface area contributed by atoms with Gasteiger partial charge in [0, 0.05) is 12.6 Å². The largest absolute Gasteiger partial charge is 0.467 e. The predicted octanol–water partition coefficient (Wildman–Crippen LogP) is 3.61. The van der Waals surface area contributed by atoms with Gasteiger partial charge >= 0.3 is 0 Å². The molecular weight excluding hydrogens is 286 g/mol. The molecule has 0 amide bonds. The molecule has 0 aromatic carbocycles. The molecule has 0 spiro atoms. The molecule has 3 rings (SSSR count). The summed E-state index contributed by atoms with van der Waals surface area (Å²) in [4.78, 5) is 7.05. The third-order valence-corrected chi connectivity index (χ3v) is 3.98. The van der Waals surface area contributed by atoms with Crippen molar-refractivity contribution in [3.63, 3.8) is 0 Å². The Balaban J connectivity index is 1.81. The highest BCUT2D eigenvalue weighted by Gasteiger charge is 2.30. The van der Waals surface area contributed by atoms with Crippen molar-refractivity contribution >= 4 is 17.4 Å². The Hall–Kier alpha value is -1.52. The number of nitrogens with zero attached hydrogens (tertiary/aromatic N) is 2. The number of furan rings is 1. The fourth-order valence-corrected chi connectivity index (χ4v) is 2.53. The molecular formula is C16H20ClN3O. The highest BCUT2D eigenvalue weighted by Crippen LogP contribution is 2.33. The number of rotatable bonds is 7. The van der Waals surface area contributed by atoms with Gasteiger partial charge < -0.3 is 14.6 Å². The maximum absolute atomic E-state index is 6.24. The summed E-state index contributed by atoms with van der Waals surface area (Å²) in [5.74, 6) is 1.94.